The highest BCUT2D eigenvalue weighted by molar-refractivity contribution is 4.83. The topological polar surface area (TPSA) is 35.2 Å². The Labute approximate surface area is 74.5 Å². The molecule has 1 heterocycles. The number of hydrogen-bond acceptors (Lipinski definition) is 2. The normalized spacial score (nSPS) is 42.2. The molecule has 1 aliphatic heterocycles. The van der Waals surface area contributed by atoms with Gasteiger partial charge in [-0.05, 0) is 38.0 Å². The molecule has 0 aromatic heterocycles. The minimum atomic E-state index is 0.467. The minimum Gasteiger partial charge on any atom is -0.378 e. The summed E-state index contributed by atoms with van der Waals surface area (Å²) < 4.78 is 5.61. The molecular formula is C10H19NO. The Balaban J connectivity index is 1.77. The van der Waals surface area contributed by atoms with Crippen LogP contribution >= 0.6 is 0 Å². The van der Waals surface area contributed by atoms with Crippen LogP contribution in [0, 0.1) is 5.92 Å². The van der Waals surface area contributed by atoms with Crippen molar-refractivity contribution in [2.24, 2.45) is 11.7 Å². The van der Waals surface area contributed by atoms with E-state index in [9.17, 15) is 0 Å². The predicted molar refractivity (Wildman–Crippen MR) is 48.9 cm³/mol. The lowest BCUT2D eigenvalue weighted by molar-refractivity contribution is 0.0882. The van der Waals surface area contributed by atoms with Crippen LogP contribution < -0.4 is 5.73 Å². The van der Waals surface area contributed by atoms with E-state index in [0.717, 1.165) is 12.5 Å². The van der Waals surface area contributed by atoms with Gasteiger partial charge in [-0.2, -0.15) is 0 Å². The third-order valence-electron chi connectivity index (χ3n) is 3.31. The summed E-state index contributed by atoms with van der Waals surface area (Å²) in [5, 5.41) is 0. The molecule has 1 aliphatic carbocycles. The fourth-order valence-corrected chi connectivity index (χ4v) is 2.53. The Morgan fingerprint density at radius 2 is 2.08 bits per heavy atom. The van der Waals surface area contributed by atoms with Gasteiger partial charge >= 0.3 is 0 Å². The molecule has 0 aromatic carbocycles. The van der Waals surface area contributed by atoms with E-state index < -0.39 is 0 Å². The largest absolute Gasteiger partial charge is 0.378 e. The maximum Gasteiger partial charge on any atom is 0.0579 e. The molecule has 0 spiro atoms. The van der Waals surface area contributed by atoms with Gasteiger partial charge in [0.25, 0.3) is 0 Å². The van der Waals surface area contributed by atoms with E-state index in [1.165, 1.54) is 38.5 Å². The molecule has 1 saturated heterocycles. The van der Waals surface area contributed by atoms with Crippen molar-refractivity contribution in [1.29, 1.82) is 0 Å². The van der Waals surface area contributed by atoms with Crippen LogP contribution in [0.15, 0.2) is 0 Å². The summed E-state index contributed by atoms with van der Waals surface area (Å²) in [6.45, 7) is 0.979. The second-order valence-corrected chi connectivity index (χ2v) is 4.23. The first-order valence-corrected chi connectivity index (χ1v) is 5.23. The summed E-state index contributed by atoms with van der Waals surface area (Å²) in [7, 11) is 0. The molecule has 2 fully saturated rings. The van der Waals surface area contributed by atoms with E-state index in [-0.39, 0.29) is 0 Å². The van der Waals surface area contributed by atoms with Crippen LogP contribution in [0.5, 0.6) is 0 Å². The van der Waals surface area contributed by atoms with Gasteiger partial charge in [0.2, 0.25) is 0 Å². The molecule has 0 aromatic rings. The van der Waals surface area contributed by atoms with Crippen LogP contribution in [0.25, 0.3) is 0 Å². The first-order chi connectivity index (χ1) is 5.86. The maximum absolute atomic E-state index is 6.00. The van der Waals surface area contributed by atoms with Crippen LogP contribution in [0.3, 0.4) is 0 Å². The zero-order valence-electron chi connectivity index (χ0n) is 7.67. The third kappa shape index (κ3) is 1.80. The van der Waals surface area contributed by atoms with Crippen molar-refractivity contribution in [2.75, 3.05) is 6.61 Å². The van der Waals surface area contributed by atoms with Gasteiger partial charge in [0.1, 0.15) is 0 Å². The minimum absolute atomic E-state index is 0.467. The van der Waals surface area contributed by atoms with Crippen LogP contribution in [0.1, 0.15) is 38.5 Å². The monoisotopic (exact) mass is 169 g/mol. The standard InChI is InChI=1S/C10H19NO/c11-10-5-1-3-8(10)7-9-4-2-6-12-9/h8-10H,1-7,11H2. The average molecular weight is 169 g/mol. The number of hydrogen-bond donors (Lipinski definition) is 1. The van der Waals surface area contributed by atoms with Crippen LogP contribution in [-0.4, -0.2) is 18.8 Å². The van der Waals surface area contributed by atoms with E-state index in [1.807, 2.05) is 0 Å². The second-order valence-electron chi connectivity index (χ2n) is 4.23. The average Bonchev–Trinajstić information content (AvgIpc) is 2.65. The maximum atomic E-state index is 6.00. The van der Waals surface area contributed by atoms with Gasteiger partial charge in [-0.25, -0.2) is 0 Å². The van der Waals surface area contributed by atoms with Crippen molar-refractivity contribution >= 4 is 0 Å². The van der Waals surface area contributed by atoms with Crippen molar-refractivity contribution in [2.45, 2.75) is 50.7 Å². The van der Waals surface area contributed by atoms with Gasteiger partial charge in [0, 0.05) is 12.6 Å². The fourth-order valence-electron chi connectivity index (χ4n) is 2.53. The quantitative estimate of drug-likeness (QED) is 0.682. The zero-order chi connectivity index (χ0) is 8.39. The second kappa shape index (κ2) is 3.75. The van der Waals surface area contributed by atoms with Crippen molar-refractivity contribution in [3.63, 3.8) is 0 Å². The van der Waals surface area contributed by atoms with E-state index in [1.54, 1.807) is 0 Å². The summed E-state index contributed by atoms with van der Waals surface area (Å²) >= 11 is 0. The van der Waals surface area contributed by atoms with Crippen LogP contribution in [-0.2, 0) is 4.74 Å². The van der Waals surface area contributed by atoms with Gasteiger partial charge in [-0.3, -0.25) is 0 Å². The zero-order valence-corrected chi connectivity index (χ0v) is 7.67. The van der Waals surface area contributed by atoms with Crippen LogP contribution in [0.2, 0.25) is 0 Å². The highest BCUT2D eigenvalue weighted by atomic mass is 16.5. The van der Waals surface area contributed by atoms with Gasteiger partial charge in [0.05, 0.1) is 6.10 Å². The van der Waals surface area contributed by atoms with Gasteiger partial charge < -0.3 is 10.5 Å². The van der Waals surface area contributed by atoms with Crippen LogP contribution in [0.4, 0.5) is 0 Å². The molecule has 0 bridgehead atoms. The summed E-state index contributed by atoms with van der Waals surface area (Å²) in [6, 6.07) is 0.467. The lowest BCUT2D eigenvalue weighted by Gasteiger charge is -2.18. The van der Waals surface area contributed by atoms with E-state index in [4.69, 9.17) is 10.5 Å². The summed E-state index contributed by atoms with van der Waals surface area (Å²) in [5.74, 6) is 0.757. The molecule has 1 saturated carbocycles. The molecule has 70 valence electrons. The first-order valence-electron chi connectivity index (χ1n) is 5.23. The molecule has 2 rings (SSSR count). The smallest absolute Gasteiger partial charge is 0.0579 e. The Morgan fingerprint density at radius 1 is 1.17 bits per heavy atom. The number of nitrogens with two attached hydrogens (primary N) is 1. The molecule has 0 radical (unpaired) electrons. The molecule has 2 nitrogen and oxygen atoms in total. The van der Waals surface area contributed by atoms with Gasteiger partial charge in [0.15, 0.2) is 0 Å². The molecule has 3 atom stereocenters. The highest BCUT2D eigenvalue weighted by Crippen LogP contribution is 2.31. The van der Waals surface area contributed by atoms with Crippen molar-refractivity contribution in [3.8, 4) is 0 Å². The lowest BCUT2D eigenvalue weighted by atomic mass is 9.96. The third-order valence-corrected chi connectivity index (χ3v) is 3.31. The van der Waals surface area contributed by atoms with Gasteiger partial charge in [-0.15, -0.1) is 0 Å². The Hall–Kier alpha value is -0.0800. The SMILES string of the molecule is NC1CCCC1CC1CCCO1. The predicted octanol–water partition coefficient (Wildman–Crippen LogP) is 1.68. The van der Waals surface area contributed by atoms with Gasteiger partial charge in [-0.1, -0.05) is 6.42 Å². The Morgan fingerprint density at radius 3 is 2.67 bits per heavy atom. The molecule has 3 unspecified atom stereocenters. The van der Waals surface area contributed by atoms with E-state index >= 15 is 0 Å². The number of rotatable bonds is 2. The molecule has 0 amide bonds. The molecule has 2 heteroatoms. The molecule has 2 aliphatic rings. The summed E-state index contributed by atoms with van der Waals surface area (Å²) in [4.78, 5) is 0. The van der Waals surface area contributed by atoms with Crippen molar-refractivity contribution < 1.29 is 4.74 Å². The van der Waals surface area contributed by atoms with Crippen molar-refractivity contribution in [1.82, 2.24) is 0 Å². The lowest BCUT2D eigenvalue weighted by Crippen LogP contribution is -2.27. The molecule has 12 heavy (non-hydrogen) atoms. The fraction of sp³-hybridized carbons (Fsp3) is 1.00. The Bertz CT molecular complexity index is 143. The Kier molecular flexibility index (Phi) is 2.66. The summed E-state index contributed by atoms with van der Waals surface area (Å²) in [5.41, 5.74) is 6.00. The summed E-state index contributed by atoms with van der Waals surface area (Å²) in [6.07, 6.45) is 8.19. The molecule has 2 N–H and O–H groups in total. The van der Waals surface area contributed by atoms with Crippen molar-refractivity contribution in [3.05, 3.63) is 0 Å². The highest BCUT2D eigenvalue weighted by Gasteiger charge is 2.28. The van der Waals surface area contributed by atoms with E-state index in [2.05, 4.69) is 0 Å². The first kappa shape index (κ1) is 8.52. The number of ether oxygens (including phenoxy) is 1. The van der Waals surface area contributed by atoms with E-state index in [0.29, 0.717) is 12.1 Å². The molecular weight excluding hydrogens is 150 g/mol.